The molecule has 4 nitrogen and oxygen atoms in total. The summed E-state index contributed by atoms with van der Waals surface area (Å²) < 4.78 is 51.0. The first-order valence-corrected chi connectivity index (χ1v) is 4.42. The van der Waals surface area contributed by atoms with Crippen molar-refractivity contribution in [3.8, 4) is 0 Å². The van der Waals surface area contributed by atoms with Crippen LogP contribution >= 0.6 is 0 Å². The van der Waals surface area contributed by atoms with Gasteiger partial charge in [-0.25, -0.2) is 9.18 Å². The molecule has 0 saturated heterocycles. The Kier molecular flexibility index (Phi) is 2.28. The summed E-state index contributed by atoms with van der Waals surface area (Å²) in [6, 6.07) is 1.11. The molecule has 1 aromatic rings. The monoisotopic (exact) mass is 250 g/mol. The number of aliphatic hydroxyl groups is 1. The SMILES string of the molecule is O=C1Nc2ccc(F)cc2C(O)(C(F)(F)F)N1. The van der Waals surface area contributed by atoms with Gasteiger partial charge in [0.2, 0.25) is 0 Å². The Hall–Kier alpha value is -1.83. The number of hydrogen-bond donors (Lipinski definition) is 3. The Bertz CT molecular complexity index is 488. The van der Waals surface area contributed by atoms with Crippen molar-refractivity contribution in [2.75, 3.05) is 5.32 Å². The van der Waals surface area contributed by atoms with Crippen LogP contribution in [0.3, 0.4) is 0 Å². The normalized spacial score (nSPS) is 23.7. The van der Waals surface area contributed by atoms with E-state index >= 15 is 0 Å². The summed E-state index contributed by atoms with van der Waals surface area (Å²) >= 11 is 0. The van der Waals surface area contributed by atoms with Crippen LogP contribution in [-0.4, -0.2) is 17.3 Å². The quantitative estimate of drug-likeness (QED) is 0.613. The van der Waals surface area contributed by atoms with Crippen LogP contribution in [0.1, 0.15) is 5.56 Å². The van der Waals surface area contributed by atoms with Gasteiger partial charge in [-0.2, -0.15) is 13.2 Å². The molecule has 0 fully saturated rings. The Morgan fingerprint density at radius 2 is 1.94 bits per heavy atom. The molecule has 0 spiro atoms. The Morgan fingerprint density at radius 3 is 2.53 bits per heavy atom. The summed E-state index contributed by atoms with van der Waals surface area (Å²) in [7, 11) is 0. The van der Waals surface area contributed by atoms with Crippen LogP contribution in [0.5, 0.6) is 0 Å². The van der Waals surface area contributed by atoms with Gasteiger partial charge in [0.1, 0.15) is 5.82 Å². The first kappa shape index (κ1) is 11.6. The number of alkyl halides is 3. The highest BCUT2D eigenvalue weighted by Gasteiger charge is 2.59. The molecule has 0 saturated carbocycles. The van der Waals surface area contributed by atoms with Crippen molar-refractivity contribution >= 4 is 11.7 Å². The molecule has 0 aliphatic carbocycles. The fourth-order valence-corrected chi connectivity index (χ4v) is 1.53. The predicted octanol–water partition coefficient (Wildman–Crippen LogP) is 1.67. The fraction of sp³-hybridized carbons (Fsp3) is 0.222. The maximum atomic E-state index is 12.9. The van der Waals surface area contributed by atoms with Gasteiger partial charge in [-0.3, -0.25) is 5.32 Å². The second-order valence-electron chi connectivity index (χ2n) is 3.48. The molecular formula is C9H6F4N2O2. The maximum Gasteiger partial charge on any atom is 0.441 e. The average Bonchev–Trinajstić information content (AvgIpc) is 2.17. The number of carbonyl (C=O) groups excluding carboxylic acids is 1. The molecule has 92 valence electrons. The third kappa shape index (κ3) is 1.70. The predicted molar refractivity (Wildman–Crippen MR) is 48.5 cm³/mol. The largest absolute Gasteiger partial charge is 0.441 e. The van der Waals surface area contributed by atoms with Gasteiger partial charge in [-0.05, 0) is 18.2 Å². The van der Waals surface area contributed by atoms with Gasteiger partial charge in [0.05, 0.1) is 5.69 Å². The standard InChI is InChI=1S/C9H6F4N2O2/c10-4-1-2-6-5(3-4)8(17,9(11,12)13)15-7(16)14-6/h1-3,17H,(H2,14,15,16). The van der Waals surface area contributed by atoms with E-state index < -0.39 is 29.3 Å². The second kappa shape index (κ2) is 3.33. The highest BCUT2D eigenvalue weighted by Crippen LogP contribution is 2.42. The molecule has 0 radical (unpaired) electrons. The number of fused-ring (bicyclic) bond motifs is 1. The zero-order valence-corrected chi connectivity index (χ0v) is 8.10. The van der Waals surface area contributed by atoms with Crippen molar-refractivity contribution < 1.29 is 27.5 Å². The molecule has 1 unspecified atom stereocenters. The summed E-state index contributed by atoms with van der Waals surface area (Å²) in [5, 5.41) is 12.9. The molecule has 1 heterocycles. The third-order valence-electron chi connectivity index (χ3n) is 2.32. The van der Waals surface area contributed by atoms with Crippen LogP contribution in [0.15, 0.2) is 18.2 Å². The minimum absolute atomic E-state index is 0.296. The fourth-order valence-electron chi connectivity index (χ4n) is 1.53. The zero-order valence-electron chi connectivity index (χ0n) is 8.10. The number of amides is 2. The van der Waals surface area contributed by atoms with Crippen molar-refractivity contribution in [2.45, 2.75) is 11.9 Å². The van der Waals surface area contributed by atoms with E-state index in [-0.39, 0.29) is 5.69 Å². The van der Waals surface area contributed by atoms with E-state index in [0.717, 1.165) is 12.1 Å². The van der Waals surface area contributed by atoms with Crippen molar-refractivity contribution in [2.24, 2.45) is 0 Å². The van der Waals surface area contributed by atoms with Crippen molar-refractivity contribution in [3.05, 3.63) is 29.6 Å². The molecule has 1 atom stereocenters. The minimum atomic E-state index is -5.16. The second-order valence-corrected chi connectivity index (χ2v) is 3.48. The molecule has 8 heteroatoms. The lowest BCUT2D eigenvalue weighted by atomic mass is 9.98. The lowest BCUT2D eigenvalue weighted by Crippen LogP contribution is -2.60. The Morgan fingerprint density at radius 1 is 1.29 bits per heavy atom. The van der Waals surface area contributed by atoms with Gasteiger partial charge in [0.25, 0.3) is 5.72 Å². The maximum absolute atomic E-state index is 12.9. The summed E-state index contributed by atoms with van der Waals surface area (Å²) in [5.41, 5.74) is -4.67. The first-order chi connectivity index (χ1) is 7.74. The summed E-state index contributed by atoms with van der Waals surface area (Å²) in [6.45, 7) is 0. The molecule has 2 amide bonds. The number of urea groups is 1. The lowest BCUT2D eigenvalue weighted by Gasteiger charge is -2.36. The van der Waals surface area contributed by atoms with E-state index in [1.165, 1.54) is 5.32 Å². The third-order valence-corrected chi connectivity index (χ3v) is 2.32. The van der Waals surface area contributed by atoms with E-state index in [1.807, 2.05) is 5.32 Å². The van der Waals surface area contributed by atoms with E-state index in [4.69, 9.17) is 0 Å². The number of carbonyl (C=O) groups is 1. The van der Waals surface area contributed by atoms with Crippen LogP contribution in [0.25, 0.3) is 0 Å². The van der Waals surface area contributed by atoms with E-state index in [0.29, 0.717) is 6.07 Å². The average molecular weight is 250 g/mol. The smallest absolute Gasteiger partial charge is 0.360 e. The summed E-state index contributed by atoms with van der Waals surface area (Å²) in [6.07, 6.45) is -5.16. The first-order valence-electron chi connectivity index (χ1n) is 4.42. The highest BCUT2D eigenvalue weighted by atomic mass is 19.4. The van der Waals surface area contributed by atoms with Gasteiger partial charge in [-0.15, -0.1) is 0 Å². The number of halogens is 4. The van der Waals surface area contributed by atoms with Gasteiger partial charge < -0.3 is 10.4 Å². The molecular weight excluding hydrogens is 244 g/mol. The Labute approximate surface area is 92.2 Å². The zero-order chi connectivity index (χ0) is 12.8. The Balaban J connectivity index is 2.65. The van der Waals surface area contributed by atoms with Gasteiger partial charge >= 0.3 is 12.2 Å². The number of rotatable bonds is 0. The van der Waals surface area contributed by atoms with Crippen molar-refractivity contribution in [1.82, 2.24) is 5.32 Å². The van der Waals surface area contributed by atoms with E-state index in [2.05, 4.69) is 0 Å². The van der Waals surface area contributed by atoms with Gasteiger partial charge in [0, 0.05) is 5.56 Å². The number of benzene rings is 1. The molecule has 1 aromatic carbocycles. The van der Waals surface area contributed by atoms with Crippen molar-refractivity contribution in [1.29, 1.82) is 0 Å². The van der Waals surface area contributed by atoms with Crippen LogP contribution in [0.4, 0.5) is 28.0 Å². The lowest BCUT2D eigenvalue weighted by molar-refractivity contribution is -0.274. The van der Waals surface area contributed by atoms with Crippen LogP contribution in [0.2, 0.25) is 0 Å². The van der Waals surface area contributed by atoms with E-state index in [9.17, 15) is 27.5 Å². The summed E-state index contributed by atoms with van der Waals surface area (Å²) in [4.78, 5) is 11.0. The molecule has 3 N–H and O–H groups in total. The molecule has 0 aromatic heterocycles. The molecule has 0 bridgehead atoms. The van der Waals surface area contributed by atoms with Crippen LogP contribution < -0.4 is 10.6 Å². The number of nitrogens with one attached hydrogen (secondary N) is 2. The van der Waals surface area contributed by atoms with Crippen LogP contribution in [-0.2, 0) is 5.72 Å². The number of anilines is 1. The minimum Gasteiger partial charge on any atom is -0.360 e. The molecule has 2 rings (SSSR count). The van der Waals surface area contributed by atoms with E-state index in [1.54, 1.807) is 0 Å². The molecule has 1 aliphatic rings. The van der Waals surface area contributed by atoms with Crippen LogP contribution in [0, 0.1) is 5.82 Å². The van der Waals surface area contributed by atoms with Gasteiger partial charge in [0.15, 0.2) is 0 Å². The summed E-state index contributed by atoms with van der Waals surface area (Å²) in [5.74, 6) is -0.954. The van der Waals surface area contributed by atoms with Gasteiger partial charge in [-0.1, -0.05) is 0 Å². The molecule has 17 heavy (non-hydrogen) atoms. The molecule has 1 aliphatic heterocycles. The van der Waals surface area contributed by atoms with Crippen molar-refractivity contribution in [3.63, 3.8) is 0 Å². The highest BCUT2D eigenvalue weighted by molar-refractivity contribution is 5.93. The number of hydrogen-bond acceptors (Lipinski definition) is 2. The topological polar surface area (TPSA) is 61.4 Å².